The molecule has 0 aliphatic carbocycles. The molecule has 3 rings (SSSR count). The Morgan fingerprint density at radius 3 is 2.84 bits per heavy atom. The van der Waals surface area contributed by atoms with Gasteiger partial charge in [-0.3, -0.25) is 4.79 Å². The van der Waals surface area contributed by atoms with Crippen molar-refractivity contribution in [2.45, 2.75) is 19.9 Å². The number of nitrogens with zero attached hydrogens (tertiary/aromatic N) is 1. The van der Waals surface area contributed by atoms with Gasteiger partial charge in [0.2, 0.25) is 12.7 Å². The lowest BCUT2D eigenvalue weighted by Crippen LogP contribution is -2.31. The van der Waals surface area contributed by atoms with Crippen molar-refractivity contribution >= 4 is 17.8 Å². The van der Waals surface area contributed by atoms with E-state index in [2.05, 4.69) is 15.0 Å². The van der Waals surface area contributed by atoms with E-state index < -0.39 is 18.5 Å². The van der Waals surface area contributed by atoms with E-state index in [9.17, 15) is 9.59 Å². The molecule has 2 heterocycles. The molecule has 1 amide bonds. The molecule has 1 atom stereocenters. The van der Waals surface area contributed by atoms with E-state index in [4.69, 9.17) is 19.9 Å². The number of hydrogen-bond donors (Lipinski definition) is 2. The second-order valence-electron chi connectivity index (χ2n) is 5.49. The highest BCUT2D eigenvalue weighted by atomic mass is 16.7. The largest absolute Gasteiger partial charge is 0.454 e. The minimum atomic E-state index is -0.762. The van der Waals surface area contributed by atoms with Crippen molar-refractivity contribution in [3.63, 3.8) is 0 Å². The van der Waals surface area contributed by atoms with Crippen LogP contribution in [0, 0.1) is 6.92 Å². The second kappa shape index (κ2) is 6.71. The third kappa shape index (κ3) is 3.49. The summed E-state index contributed by atoms with van der Waals surface area (Å²) in [4.78, 5) is 23.9. The van der Waals surface area contributed by atoms with Crippen LogP contribution in [0.1, 0.15) is 34.6 Å². The number of ether oxygens (including phenoxy) is 3. The number of benzene rings is 1. The summed E-state index contributed by atoms with van der Waals surface area (Å²) in [7, 11) is 0. The number of anilines is 1. The molecular formula is C16H17N3O6. The van der Waals surface area contributed by atoms with Crippen molar-refractivity contribution < 1.29 is 28.3 Å². The fraction of sp³-hybridized carbons (Fsp3) is 0.312. The predicted molar refractivity (Wildman–Crippen MR) is 85.1 cm³/mol. The van der Waals surface area contributed by atoms with Crippen molar-refractivity contribution in [3.05, 3.63) is 35.0 Å². The van der Waals surface area contributed by atoms with Gasteiger partial charge < -0.3 is 29.8 Å². The molecule has 132 valence electrons. The Labute approximate surface area is 143 Å². The van der Waals surface area contributed by atoms with Gasteiger partial charge in [-0.25, -0.2) is 4.79 Å². The Bertz CT molecular complexity index is 797. The van der Waals surface area contributed by atoms with Gasteiger partial charge in [-0.1, -0.05) is 11.2 Å². The third-order valence-corrected chi connectivity index (χ3v) is 3.70. The minimum Gasteiger partial charge on any atom is -0.454 e. The molecule has 25 heavy (non-hydrogen) atoms. The molecule has 0 unspecified atom stereocenters. The summed E-state index contributed by atoms with van der Waals surface area (Å²) >= 11 is 0. The van der Waals surface area contributed by atoms with Gasteiger partial charge >= 0.3 is 5.97 Å². The first-order valence-corrected chi connectivity index (χ1v) is 7.53. The molecule has 0 fully saturated rings. The summed E-state index contributed by atoms with van der Waals surface area (Å²) in [5, 5.41) is 6.29. The highest BCUT2D eigenvalue weighted by Gasteiger charge is 2.22. The monoisotopic (exact) mass is 347 g/mol. The van der Waals surface area contributed by atoms with Gasteiger partial charge in [0.1, 0.15) is 5.56 Å². The number of nitrogens with two attached hydrogens (primary N) is 1. The molecule has 1 aliphatic heterocycles. The zero-order valence-electron chi connectivity index (χ0n) is 13.7. The van der Waals surface area contributed by atoms with Gasteiger partial charge in [0.15, 0.2) is 18.1 Å². The summed E-state index contributed by atoms with van der Waals surface area (Å²) in [5.41, 5.74) is 6.66. The first-order chi connectivity index (χ1) is 12.0. The quantitative estimate of drug-likeness (QED) is 0.776. The zero-order chi connectivity index (χ0) is 18.0. The lowest BCUT2D eigenvalue weighted by atomic mass is 10.1. The molecule has 0 spiro atoms. The number of esters is 1. The van der Waals surface area contributed by atoms with Gasteiger partial charge in [0.05, 0.1) is 11.7 Å². The Hall–Kier alpha value is -3.23. The van der Waals surface area contributed by atoms with Crippen LogP contribution < -0.4 is 20.5 Å². The van der Waals surface area contributed by atoms with Crippen LogP contribution in [0.5, 0.6) is 11.5 Å². The first-order valence-electron chi connectivity index (χ1n) is 7.53. The van der Waals surface area contributed by atoms with E-state index in [1.165, 1.54) is 0 Å². The number of aromatic nitrogens is 1. The van der Waals surface area contributed by atoms with Crippen molar-refractivity contribution in [2.24, 2.45) is 0 Å². The first kappa shape index (κ1) is 16.6. The molecule has 0 radical (unpaired) electrons. The van der Waals surface area contributed by atoms with E-state index >= 15 is 0 Å². The van der Waals surface area contributed by atoms with Gasteiger partial charge in [0.25, 0.3) is 5.91 Å². The normalized spacial score (nSPS) is 13.4. The number of amides is 1. The van der Waals surface area contributed by atoms with Crippen molar-refractivity contribution in [1.82, 2.24) is 10.5 Å². The van der Waals surface area contributed by atoms with E-state index in [1.54, 1.807) is 26.0 Å². The number of aryl methyl sites for hydroxylation is 1. The number of nitrogen functional groups attached to an aromatic ring is 1. The Morgan fingerprint density at radius 2 is 2.12 bits per heavy atom. The Morgan fingerprint density at radius 1 is 1.36 bits per heavy atom. The summed E-state index contributed by atoms with van der Waals surface area (Å²) in [6, 6.07) is 5.09. The van der Waals surface area contributed by atoms with Crippen LogP contribution in [0.15, 0.2) is 22.7 Å². The molecule has 0 bridgehead atoms. The van der Waals surface area contributed by atoms with Crippen LogP contribution in [-0.4, -0.2) is 30.4 Å². The third-order valence-electron chi connectivity index (χ3n) is 3.70. The maximum Gasteiger partial charge on any atom is 0.346 e. The Balaban J connectivity index is 1.55. The van der Waals surface area contributed by atoms with Crippen LogP contribution in [0.3, 0.4) is 0 Å². The standard InChI is InChI=1S/C16H17N3O6/c1-8(10-3-4-11-12(5-10)24-7-23-11)18-13(20)6-22-16(21)14-9(2)19-25-15(14)17/h3-5,8H,6-7,17H2,1-2H3,(H,18,20)/t8-/m0/s1. The zero-order valence-corrected chi connectivity index (χ0v) is 13.7. The number of rotatable bonds is 5. The minimum absolute atomic E-state index is 0.0246. The molecule has 9 heteroatoms. The van der Waals surface area contributed by atoms with Gasteiger partial charge in [0, 0.05) is 0 Å². The molecule has 9 nitrogen and oxygen atoms in total. The van der Waals surface area contributed by atoms with Gasteiger partial charge in [-0.05, 0) is 31.5 Å². The number of hydrogen-bond acceptors (Lipinski definition) is 8. The van der Waals surface area contributed by atoms with E-state index in [0.29, 0.717) is 17.2 Å². The molecule has 1 aliphatic rings. The SMILES string of the molecule is Cc1noc(N)c1C(=O)OCC(=O)N[C@@H](C)c1ccc2c(c1)OCO2. The molecule has 3 N–H and O–H groups in total. The molecule has 0 saturated carbocycles. The average molecular weight is 347 g/mol. The van der Waals surface area contributed by atoms with Crippen molar-refractivity contribution in [3.8, 4) is 11.5 Å². The fourth-order valence-corrected chi connectivity index (χ4v) is 2.39. The van der Waals surface area contributed by atoms with Crippen LogP contribution in [0.4, 0.5) is 5.88 Å². The van der Waals surface area contributed by atoms with E-state index in [1.807, 2.05) is 6.07 Å². The number of nitrogens with one attached hydrogen (secondary N) is 1. The summed E-state index contributed by atoms with van der Waals surface area (Å²) in [5.74, 6) is -0.0636. The van der Waals surface area contributed by atoms with Crippen LogP contribution in [0.25, 0.3) is 0 Å². The summed E-state index contributed by atoms with van der Waals surface area (Å²) in [6.07, 6.45) is 0. The Kier molecular flexibility index (Phi) is 4.46. The predicted octanol–water partition coefficient (Wildman–Crippen LogP) is 1.33. The molecule has 1 aromatic heterocycles. The number of fused-ring (bicyclic) bond motifs is 1. The maximum absolute atomic E-state index is 12.0. The maximum atomic E-state index is 12.0. The average Bonchev–Trinajstić information content (AvgIpc) is 3.18. The second-order valence-corrected chi connectivity index (χ2v) is 5.49. The lowest BCUT2D eigenvalue weighted by Gasteiger charge is -2.15. The molecule has 1 aromatic carbocycles. The van der Waals surface area contributed by atoms with Crippen molar-refractivity contribution in [2.75, 3.05) is 19.1 Å². The number of carbonyl (C=O) groups excluding carboxylic acids is 2. The molecular weight excluding hydrogens is 330 g/mol. The molecule has 0 saturated heterocycles. The highest BCUT2D eigenvalue weighted by Crippen LogP contribution is 2.34. The van der Waals surface area contributed by atoms with Crippen molar-refractivity contribution in [1.29, 1.82) is 0 Å². The van der Waals surface area contributed by atoms with Crippen LogP contribution in [-0.2, 0) is 9.53 Å². The smallest absolute Gasteiger partial charge is 0.346 e. The lowest BCUT2D eigenvalue weighted by molar-refractivity contribution is -0.124. The summed E-state index contributed by atoms with van der Waals surface area (Å²) < 4.78 is 20.2. The highest BCUT2D eigenvalue weighted by molar-refractivity contribution is 5.96. The van der Waals surface area contributed by atoms with E-state index in [-0.39, 0.29) is 24.3 Å². The fourth-order valence-electron chi connectivity index (χ4n) is 2.39. The van der Waals surface area contributed by atoms with Crippen LogP contribution >= 0.6 is 0 Å². The summed E-state index contributed by atoms with van der Waals surface area (Å²) in [6.45, 7) is 3.09. The molecule has 2 aromatic rings. The van der Waals surface area contributed by atoms with Crippen LogP contribution in [0.2, 0.25) is 0 Å². The van der Waals surface area contributed by atoms with Gasteiger partial charge in [-0.15, -0.1) is 0 Å². The topological polar surface area (TPSA) is 126 Å². The van der Waals surface area contributed by atoms with E-state index in [0.717, 1.165) is 5.56 Å². The number of carbonyl (C=O) groups is 2. The van der Waals surface area contributed by atoms with Gasteiger partial charge in [-0.2, -0.15) is 0 Å².